The predicted octanol–water partition coefficient (Wildman–Crippen LogP) is 1.51. The standard InChI is InChI=1S/C17H23FN4O.ClH/c18-12-3-1-11(2-4-12)15-9-16(21-20-15)17(23)22-13-5-6-14(22)10-19-8-7-13;/h1-4,13-16,19-21H,5-10H2;1H. The van der Waals surface area contributed by atoms with Crippen LogP contribution in [0.5, 0.6) is 0 Å². The molecular formula is C17H24ClFN4O. The number of halogens is 2. The second-order valence-corrected chi connectivity index (χ2v) is 6.80. The molecule has 3 fully saturated rings. The molecule has 4 rings (SSSR count). The third-order valence-corrected chi connectivity index (χ3v) is 5.38. The summed E-state index contributed by atoms with van der Waals surface area (Å²) in [6, 6.07) is 7.05. The van der Waals surface area contributed by atoms with Crippen molar-refractivity contribution in [2.24, 2.45) is 0 Å². The number of carbonyl (C=O) groups is 1. The summed E-state index contributed by atoms with van der Waals surface area (Å²) in [4.78, 5) is 15.1. The van der Waals surface area contributed by atoms with Gasteiger partial charge in [-0.25, -0.2) is 15.2 Å². The highest BCUT2D eigenvalue weighted by atomic mass is 35.5. The molecule has 5 nitrogen and oxygen atoms in total. The van der Waals surface area contributed by atoms with E-state index >= 15 is 0 Å². The minimum atomic E-state index is -0.235. The first kappa shape index (κ1) is 17.6. The van der Waals surface area contributed by atoms with Crippen molar-refractivity contribution in [2.75, 3.05) is 13.1 Å². The van der Waals surface area contributed by atoms with Gasteiger partial charge in [-0.05, 0) is 49.9 Å². The fraction of sp³-hybridized carbons (Fsp3) is 0.588. The molecule has 0 aliphatic carbocycles. The maximum absolute atomic E-state index is 13.1. The number of hydrogen-bond donors (Lipinski definition) is 3. The molecule has 3 aliphatic heterocycles. The lowest BCUT2D eigenvalue weighted by Gasteiger charge is -2.30. The molecule has 3 saturated heterocycles. The van der Waals surface area contributed by atoms with Gasteiger partial charge in [-0.1, -0.05) is 12.1 Å². The summed E-state index contributed by atoms with van der Waals surface area (Å²) < 4.78 is 13.1. The van der Waals surface area contributed by atoms with Crippen LogP contribution in [0.25, 0.3) is 0 Å². The third-order valence-electron chi connectivity index (χ3n) is 5.38. The zero-order chi connectivity index (χ0) is 15.8. The van der Waals surface area contributed by atoms with Crippen molar-refractivity contribution < 1.29 is 9.18 Å². The van der Waals surface area contributed by atoms with Crippen LogP contribution in [0.3, 0.4) is 0 Å². The van der Waals surface area contributed by atoms with Crippen LogP contribution in [0.2, 0.25) is 0 Å². The molecule has 1 aromatic carbocycles. The summed E-state index contributed by atoms with van der Waals surface area (Å²) in [6.07, 6.45) is 3.97. The summed E-state index contributed by atoms with van der Waals surface area (Å²) in [5.74, 6) is -0.0284. The maximum atomic E-state index is 13.1. The predicted molar refractivity (Wildman–Crippen MR) is 92.2 cm³/mol. The maximum Gasteiger partial charge on any atom is 0.241 e. The molecule has 132 valence electrons. The highest BCUT2D eigenvalue weighted by Crippen LogP contribution is 2.31. The van der Waals surface area contributed by atoms with E-state index in [-0.39, 0.29) is 36.2 Å². The quantitative estimate of drug-likeness (QED) is 0.753. The van der Waals surface area contributed by atoms with Gasteiger partial charge in [-0.15, -0.1) is 12.4 Å². The SMILES string of the molecule is Cl.O=C(C1CC(c2ccc(F)cc2)NN1)N1C2CCNCC1CC2. The number of nitrogens with one attached hydrogen (secondary N) is 3. The van der Waals surface area contributed by atoms with Gasteiger partial charge in [0.15, 0.2) is 0 Å². The molecule has 0 radical (unpaired) electrons. The summed E-state index contributed by atoms with van der Waals surface area (Å²) in [6.45, 7) is 1.91. The highest BCUT2D eigenvalue weighted by molar-refractivity contribution is 5.85. The number of hydrogen-bond acceptors (Lipinski definition) is 4. The number of carbonyl (C=O) groups excluding carboxylic acids is 1. The van der Waals surface area contributed by atoms with E-state index in [0.29, 0.717) is 18.5 Å². The number of rotatable bonds is 2. The summed E-state index contributed by atoms with van der Waals surface area (Å²) >= 11 is 0. The summed E-state index contributed by atoms with van der Waals surface area (Å²) in [5.41, 5.74) is 7.35. The van der Waals surface area contributed by atoms with Gasteiger partial charge >= 0.3 is 0 Å². The Hall–Kier alpha value is -1.21. The number of amides is 1. The van der Waals surface area contributed by atoms with Gasteiger partial charge in [-0.3, -0.25) is 4.79 Å². The number of nitrogens with zero attached hydrogens (tertiary/aromatic N) is 1. The van der Waals surface area contributed by atoms with Crippen LogP contribution < -0.4 is 16.2 Å². The Kier molecular flexibility index (Phi) is 5.39. The first-order chi connectivity index (χ1) is 11.2. The van der Waals surface area contributed by atoms with Crippen LogP contribution >= 0.6 is 12.4 Å². The van der Waals surface area contributed by atoms with Crippen molar-refractivity contribution in [3.63, 3.8) is 0 Å². The fourth-order valence-electron chi connectivity index (χ4n) is 4.15. The molecule has 0 spiro atoms. The van der Waals surface area contributed by atoms with Gasteiger partial charge in [0.2, 0.25) is 5.91 Å². The van der Waals surface area contributed by atoms with Gasteiger partial charge in [-0.2, -0.15) is 0 Å². The Morgan fingerprint density at radius 3 is 2.62 bits per heavy atom. The van der Waals surface area contributed by atoms with Crippen LogP contribution in [0.4, 0.5) is 4.39 Å². The minimum absolute atomic E-state index is 0. The van der Waals surface area contributed by atoms with E-state index in [1.165, 1.54) is 12.1 Å². The fourth-order valence-corrected chi connectivity index (χ4v) is 4.15. The lowest BCUT2D eigenvalue weighted by atomic mass is 10.0. The molecule has 24 heavy (non-hydrogen) atoms. The number of benzene rings is 1. The Morgan fingerprint density at radius 1 is 1.08 bits per heavy atom. The van der Waals surface area contributed by atoms with Crippen LogP contribution in [-0.2, 0) is 4.79 Å². The van der Waals surface area contributed by atoms with Gasteiger partial charge in [0.05, 0.1) is 0 Å². The van der Waals surface area contributed by atoms with Crippen LogP contribution in [-0.4, -0.2) is 42.0 Å². The molecule has 1 aromatic rings. The van der Waals surface area contributed by atoms with E-state index in [4.69, 9.17) is 0 Å². The lowest BCUT2D eigenvalue weighted by molar-refractivity contribution is -0.135. The molecule has 3 aliphatic rings. The van der Waals surface area contributed by atoms with Crippen molar-refractivity contribution in [3.8, 4) is 0 Å². The highest BCUT2D eigenvalue weighted by Gasteiger charge is 2.42. The third kappa shape index (κ3) is 3.28. The Morgan fingerprint density at radius 2 is 1.83 bits per heavy atom. The molecule has 2 bridgehead atoms. The van der Waals surface area contributed by atoms with E-state index in [0.717, 1.165) is 37.9 Å². The van der Waals surface area contributed by atoms with Crippen molar-refractivity contribution in [1.82, 2.24) is 21.1 Å². The Labute approximate surface area is 147 Å². The summed E-state index contributed by atoms with van der Waals surface area (Å²) in [7, 11) is 0. The van der Waals surface area contributed by atoms with Gasteiger partial charge in [0.1, 0.15) is 11.9 Å². The molecule has 0 saturated carbocycles. The van der Waals surface area contributed by atoms with Gasteiger partial charge in [0.25, 0.3) is 0 Å². The largest absolute Gasteiger partial charge is 0.334 e. The zero-order valence-electron chi connectivity index (χ0n) is 13.5. The molecule has 4 unspecified atom stereocenters. The van der Waals surface area contributed by atoms with Crippen LogP contribution in [0.15, 0.2) is 24.3 Å². The molecular weight excluding hydrogens is 331 g/mol. The molecule has 3 heterocycles. The second-order valence-electron chi connectivity index (χ2n) is 6.80. The Balaban J connectivity index is 0.00000169. The van der Waals surface area contributed by atoms with E-state index in [1.54, 1.807) is 12.1 Å². The smallest absolute Gasteiger partial charge is 0.241 e. The second kappa shape index (κ2) is 7.35. The van der Waals surface area contributed by atoms with E-state index < -0.39 is 0 Å². The first-order valence-corrected chi connectivity index (χ1v) is 8.52. The molecule has 3 N–H and O–H groups in total. The van der Waals surface area contributed by atoms with Gasteiger partial charge < -0.3 is 10.2 Å². The number of fused-ring (bicyclic) bond motifs is 2. The first-order valence-electron chi connectivity index (χ1n) is 8.52. The van der Waals surface area contributed by atoms with Gasteiger partial charge in [0, 0.05) is 24.7 Å². The molecule has 4 atom stereocenters. The normalized spacial score (nSPS) is 32.3. The van der Waals surface area contributed by atoms with E-state index in [1.807, 2.05) is 0 Å². The van der Waals surface area contributed by atoms with E-state index in [9.17, 15) is 9.18 Å². The van der Waals surface area contributed by atoms with Crippen molar-refractivity contribution >= 4 is 18.3 Å². The van der Waals surface area contributed by atoms with Crippen molar-refractivity contribution in [1.29, 1.82) is 0 Å². The van der Waals surface area contributed by atoms with Crippen LogP contribution in [0.1, 0.15) is 37.3 Å². The lowest BCUT2D eigenvalue weighted by Crippen LogP contribution is -2.51. The molecule has 1 amide bonds. The van der Waals surface area contributed by atoms with Crippen molar-refractivity contribution in [2.45, 2.75) is 49.9 Å². The summed E-state index contributed by atoms with van der Waals surface area (Å²) in [5, 5.41) is 3.43. The average molecular weight is 355 g/mol. The van der Waals surface area contributed by atoms with E-state index in [2.05, 4.69) is 21.1 Å². The Bertz CT molecular complexity index is 570. The minimum Gasteiger partial charge on any atom is -0.334 e. The molecule has 7 heteroatoms. The number of hydrazine groups is 1. The zero-order valence-corrected chi connectivity index (χ0v) is 14.3. The van der Waals surface area contributed by atoms with Crippen molar-refractivity contribution in [3.05, 3.63) is 35.6 Å². The average Bonchev–Trinajstić information content (AvgIpc) is 3.11. The monoisotopic (exact) mass is 354 g/mol. The van der Waals surface area contributed by atoms with Crippen LogP contribution in [0, 0.1) is 5.82 Å². The topological polar surface area (TPSA) is 56.4 Å². The molecule has 0 aromatic heterocycles.